The molecular weight excluding hydrogens is 272 g/mol. The van der Waals surface area contributed by atoms with Gasteiger partial charge < -0.3 is 11.1 Å². The first kappa shape index (κ1) is 17.8. The molecule has 2 aliphatic rings. The normalized spacial score (nSPS) is 32.0. The zero-order valence-corrected chi connectivity index (χ0v) is 14.8. The van der Waals surface area contributed by atoms with E-state index in [2.05, 4.69) is 26.1 Å². The Morgan fingerprint density at radius 3 is 2.45 bits per heavy atom. The standard InChI is InChI=1S/C19H36N2O/c1-13(2)16-10-9-14(3)11-17(16)19(22)21-12-18(20)15-7-5-4-6-8-15/h13-18H,4-12,20H2,1-3H3,(H,21,22)/t14-,16+,17-,18?/m1/s1. The van der Waals surface area contributed by atoms with E-state index < -0.39 is 0 Å². The third kappa shape index (κ3) is 4.71. The summed E-state index contributed by atoms with van der Waals surface area (Å²) in [6.07, 6.45) is 9.97. The van der Waals surface area contributed by atoms with Crippen LogP contribution >= 0.6 is 0 Å². The van der Waals surface area contributed by atoms with E-state index in [0.717, 1.165) is 6.42 Å². The van der Waals surface area contributed by atoms with Gasteiger partial charge in [0.05, 0.1) is 0 Å². The fourth-order valence-electron chi connectivity index (χ4n) is 4.58. The maximum atomic E-state index is 12.7. The minimum atomic E-state index is 0.141. The quantitative estimate of drug-likeness (QED) is 0.813. The van der Waals surface area contributed by atoms with E-state index in [4.69, 9.17) is 5.73 Å². The summed E-state index contributed by atoms with van der Waals surface area (Å²) >= 11 is 0. The van der Waals surface area contributed by atoms with E-state index in [1.54, 1.807) is 0 Å². The summed E-state index contributed by atoms with van der Waals surface area (Å²) in [6, 6.07) is 0.141. The number of nitrogens with two attached hydrogens (primary N) is 1. The number of rotatable bonds is 5. The first-order chi connectivity index (χ1) is 10.5. The third-order valence-corrected chi connectivity index (χ3v) is 6.13. The van der Waals surface area contributed by atoms with Crippen LogP contribution in [-0.2, 0) is 4.79 Å². The predicted octanol–water partition coefficient (Wildman–Crippen LogP) is 3.72. The molecule has 2 saturated carbocycles. The molecule has 1 amide bonds. The van der Waals surface area contributed by atoms with Crippen LogP contribution in [0.2, 0.25) is 0 Å². The minimum absolute atomic E-state index is 0.141. The number of amides is 1. The molecule has 0 saturated heterocycles. The van der Waals surface area contributed by atoms with Crippen molar-refractivity contribution in [2.75, 3.05) is 6.54 Å². The Bertz CT molecular complexity index is 349. The Morgan fingerprint density at radius 2 is 1.82 bits per heavy atom. The lowest BCUT2D eigenvalue weighted by atomic mass is 9.70. The SMILES string of the molecule is CC(C)[C@@H]1CC[C@@H](C)C[C@H]1C(=O)NCC(N)C1CCCCC1. The maximum Gasteiger partial charge on any atom is 0.223 e. The van der Waals surface area contributed by atoms with Crippen LogP contribution in [0, 0.1) is 29.6 Å². The molecule has 0 aromatic rings. The second kappa shape index (κ2) is 8.33. The molecule has 2 aliphatic carbocycles. The topological polar surface area (TPSA) is 55.1 Å². The fraction of sp³-hybridized carbons (Fsp3) is 0.947. The molecular formula is C19H36N2O. The number of nitrogens with one attached hydrogen (secondary N) is 1. The molecule has 3 heteroatoms. The summed E-state index contributed by atoms with van der Waals surface area (Å²) in [6.45, 7) is 7.47. The van der Waals surface area contributed by atoms with Gasteiger partial charge in [-0.3, -0.25) is 4.79 Å². The van der Waals surface area contributed by atoms with E-state index in [1.165, 1.54) is 44.9 Å². The van der Waals surface area contributed by atoms with Gasteiger partial charge >= 0.3 is 0 Å². The molecule has 3 N–H and O–H groups in total. The Labute approximate surface area is 136 Å². The van der Waals surface area contributed by atoms with E-state index >= 15 is 0 Å². The largest absolute Gasteiger partial charge is 0.354 e. The lowest BCUT2D eigenvalue weighted by molar-refractivity contribution is -0.129. The Hall–Kier alpha value is -0.570. The van der Waals surface area contributed by atoms with Crippen LogP contribution in [0.25, 0.3) is 0 Å². The van der Waals surface area contributed by atoms with Gasteiger partial charge in [0.1, 0.15) is 0 Å². The molecule has 0 radical (unpaired) electrons. The highest BCUT2D eigenvalue weighted by Crippen LogP contribution is 2.38. The van der Waals surface area contributed by atoms with E-state index in [9.17, 15) is 4.79 Å². The summed E-state index contributed by atoms with van der Waals surface area (Å²) in [5.41, 5.74) is 6.33. The van der Waals surface area contributed by atoms with Gasteiger partial charge in [-0.05, 0) is 49.4 Å². The number of hydrogen-bond acceptors (Lipinski definition) is 2. The maximum absolute atomic E-state index is 12.7. The highest BCUT2D eigenvalue weighted by Gasteiger charge is 2.35. The van der Waals surface area contributed by atoms with Crippen molar-refractivity contribution in [3.8, 4) is 0 Å². The van der Waals surface area contributed by atoms with Gasteiger partial charge in [-0.15, -0.1) is 0 Å². The van der Waals surface area contributed by atoms with Gasteiger partial charge in [-0.2, -0.15) is 0 Å². The second-order valence-electron chi connectivity index (χ2n) is 8.24. The minimum Gasteiger partial charge on any atom is -0.354 e. The van der Waals surface area contributed by atoms with Crippen LogP contribution in [-0.4, -0.2) is 18.5 Å². The van der Waals surface area contributed by atoms with Crippen molar-refractivity contribution < 1.29 is 4.79 Å². The molecule has 4 atom stereocenters. The molecule has 1 unspecified atom stereocenters. The molecule has 128 valence electrons. The zero-order valence-electron chi connectivity index (χ0n) is 14.8. The average Bonchev–Trinajstić information content (AvgIpc) is 2.52. The van der Waals surface area contributed by atoms with Gasteiger partial charge in [0.15, 0.2) is 0 Å². The molecule has 0 aromatic carbocycles. The average molecular weight is 309 g/mol. The molecule has 0 aliphatic heterocycles. The molecule has 3 nitrogen and oxygen atoms in total. The summed E-state index contributed by atoms with van der Waals surface area (Å²) in [5, 5.41) is 3.19. The van der Waals surface area contributed by atoms with Crippen LogP contribution in [0.1, 0.15) is 72.1 Å². The van der Waals surface area contributed by atoms with Crippen LogP contribution in [0.5, 0.6) is 0 Å². The summed E-state index contributed by atoms with van der Waals surface area (Å²) in [4.78, 5) is 12.7. The molecule has 2 rings (SSSR count). The summed E-state index contributed by atoms with van der Waals surface area (Å²) in [7, 11) is 0. The molecule has 0 bridgehead atoms. The second-order valence-corrected chi connectivity index (χ2v) is 8.24. The first-order valence-electron chi connectivity index (χ1n) is 9.52. The van der Waals surface area contributed by atoms with Crippen LogP contribution in [0.4, 0.5) is 0 Å². The third-order valence-electron chi connectivity index (χ3n) is 6.13. The predicted molar refractivity (Wildman–Crippen MR) is 92.4 cm³/mol. The Morgan fingerprint density at radius 1 is 1.14 bits per heavy atom. The van der Waals surface area contributed by atoms with Crippen molar-refractivity contribution in [2.45, 2.75) is 78.2 Å². The molecule has 0 heterocycles. The monoisotopic (exact) mass is 308 g/mol. The molecule has 0 aromatic heterocycles. The van der Waals surface area contributed by atoms with Crippen molar-refractivity contribution in [2.24, 2.45) is 35.3 Å². The highest BCUT2D eigenvalue weighted by molar-refractivity contribution is 5.79. The molecule has 2 fully saturated rings. The van der Waals surface area contributed by atoms with Crippen LogP contribution in [0.15, 0.2) is 0 Å². The number of carbonyl (C=O) groups is 1. The van der Waals surface area contributed by atoms with Crippen molar-refractivity contribution in [3.63, 3.8) is 0 Å². The van der Waals surface area contributed by atoms with Gasteiger partial charge in [0, 0.05) is 18.5 Å². The van der Waals surface area contributed by atoms with E-state index in [-0.39, 0.29) is 17.9 Å². The Balaban J connectivity index is 1.83. The van der Waals surface area contributed by atoms with Gasteiger partial charge in [0.25, 0.3) is 0 Å². The van der Waals surface area contributed by atoms with Crippen LogP contribution < -0.4 is 11.1 Å². The first-order valence-corrected chi connectivity index (χ1v) is 9.52. The molecule has 22 heavy (non-hydrogen) atoms. The highest BCUT2D eigenvalue weighted by atomic mass is 16.1. The van der Waals surface area contributed by atoms with E-state index in [1.807, 2.05) is 0 Å². The van der Waals surface area contributed by atoms with Crippen LogP contribution in [0.3, 0.4) is 0 Å². The number of carbonyl (C=O) groups excluding carboxylic acids is 1. The summed E-state index contributed by atoms with van der Waals surface area (Å²) < 4.78 is 0. The lowest BCUT2D eigenvalue weighted by Gasteiger charge is -2.37. The smallest absolute Gasteiger partial charge is 0.223 e. The van der Waals surface area contributed by atoms with Crippen molar-refractivity contribution in [1.29, 1.82) is 0 Å². The van der Waals surface area contributed by atoms with E-state index in [0.29, 0.717) is 30.2 Å². The van der Waals surface area contributed by atoms with Crippen molar-refractivity contribution in [3.05, 3.63) is 0 Å². The van der Waals surface area contributed by atoms with Gasteiger partial charge in [-0.25, -0.2) is 0 Å². The fourth-order valence-corrected chi connectivity index (χ4v) is 4.58. The van der Waals surface area contributed by atoms with Crippen molar-refractivity contribution >= 4 is 5.91 Å². The summed E-state index contributed by atoms with van der Waals surface area (Å²) in [5.74, 6) is 2.88. The lowest BCUT2D eigenvalue weighted by Crippen LogP contribution is -2.46. The zero-order chi connectivity index (χ0) is 16.1. The Kier molecular flexibility index (Phi) is 6.73. The van der Waals surface area contributed by atoms with Gasteiger partial charge in [-0.1, -0.05) is 46.5 Å². The van der Waals surface area contributed by atoms with Gasteiger partial charge in [0.2, 0.25) is 5.91 Å². The number of hydrogen-bond donors (Lipinski definition) is 2. The molecule has 0 spiro atoms. The van der Waals surface area contributed by atoms with Crippen molar-refractivity contribution in [1.82, 2.24) is 5.32 Å².